The van der Waals surface area contributed by atoms with Crippen LogP contribution in [0, 0.1) is 0 Å². The number of aromatic nitrogens is 3. The fourth-order valence-corrected chi connectivity index (χ4v) is 1.04. The Morgan fingerprint density at radius 1 is 1.58 bits per heavy atom. The SMILES string of the molecule is O=C(O)n1ccc2ncncc21. The highest BCUT2D eigenvalue weighted by molar-refractivity contribution is 5.85. The molecule has 2 aromatic rings. The molecular weight excluding hydrogens is 158 g/mol. The lowest BCUT2D eigenvalue weighted by Gasteiger charge is -1.94. The Hall–Kier alpha value is -1.91. The van der Waals surface area contributed by atoms with Crippen molar-refractivity contribution < 1.29 is 9.90 Å². The first-order chi connectivity index (χ1) is 5.79. The molecule has 5 heteroatoms. The number of fused-ring (bicyclic) bond motifs is 1. The molecule has 0 bridgehead atoms. The van der Waals surface area contributed by atoms with Crippen molar-refractivity contribution >= 4 is 17.1 Å². The van der Waals surface area contributed by atoms with Gasteiger partial charge in [-0.25, -0.2) is 19.3 Å². The van der Waals surface area contributed by atoms with Crippen molar-refractivity contribution in [2.75, 3.05) is 0 Å². The summed E-state index contributed by atoms with van der Waals surface area (Å²) < 4.78 is 1.08. The predicted octanol–water partition coefficient (Wildman–Crippen LogP) is 0.957. The van der Waals surface area contributed by atoms with Gasteiger partial charge in [-0.3, -0.25) is 0 Å². The summed E-state index contributed by atoms with van der Waals surface area (Å²) >= 11 is 0. The second-order valence-corrected chi connectivity index (χ2v) is 2.26. The minimum atomic E-state index is -1.03. The van der Waals surface area contributed by atoms with Gasteiger partial charge in [0.25, 0.3) is 0 Å². The highest BCUT2D eigenvalue weighted by Crippen LogP contribution is 2.09. The molecule has 2 heterocycles. The molecule has 12 heavy (non-hydrogen) atoms. The van der Waals surface area contributed by atoms with Crippen LogP contribution in [-0.2, 0) is 0 Å². The van der Waals surface area contributed by atoms with Crippen LogP contribution in [0.25, 0.3) is 11.0 Å². The average molecular weight is 163 g/mol. The lowest BCUT2D eigenvalue weighted by Crippen LogP contribution is -2.05. The first kappa shape index (κ1) is 6.78. The van der Waals surface area contributed by atoms with E-state index in [2.05, 4.69) is 9.97 Å². The predicted molar refractivity (Wildman–Crippen MR) is 41.0 cm³/mol. The Balaban J connectivity index is 2.79. The number of rotatable bonds is 0. The maximum absolute atomic E-state index is 10.6. The standard InChI is InChI=1S/C7H5N3O2/c11-7(12)10-2-1-5-6(10)3-8-4-9-5/h1-4H,(H,11,12). The molecule has 2 aromatic heterocycles. The molecule has 0 amide bonds. The number of carboxylic acid groups (broad SMARTS) is 1. The Morgan fingerprint density at radius 2 is 2.42 bits per heavy atom. The van der Waals surface area contributed by atoms with Crippen molar-refractivity contribution in [1.82, 2.24) is 14.5 Å². The summed E-state index contributed by atoms with van der Waals surface area (Å²) in [5, 5.41) is 8.68. The van der Waals surface area contributed by atoms with Crippen molar-refractivity contribution in [3.8, 4) is 0 Å². The average Bonchev–Trinajstić information content (AvgIpc) is 2.47. The monoisotopic (exact) mass is 163 g/mol. The lowest BCUT2D eigenvalue weighted by molar-refractivity contribution is 0.197. The maximum atomic E-state index is 10.6. The van der Waals surface area contributed by atoms with E-state index < -0.39 is 6.09 Å². The molecule has 0 aliphatic heterocycles. The molecule has 1 N–H and O–H groups in total. The highest BCUT2D eigenvalue weighted by Gasteiger charge is 2.05. The Bertz CT molecular complexity index is 435. The zero-order valence-electron chi connectivity index (χ0n) is 6.01. The van der Waals surface area contributed by atoms with Gasteiger partial charge in [-0.15, -0.1) is 0 Å². The number of hydrogen-bond donors (Lipinski definition) is 1. The van der Waals surface area contributed by atoms with Crippen LogP contribution in [0.15, 0.2) is 24.8 Å². The molecule has 0 fully saturated rings. The van der Waals surface area contributed by atoms with Crippen molar-refractivity contribution in [1.29, 1.82) is 0 Å². The van der Waals surface area contributed by atoms with E-state index in [1.54, 1.807) is 6.07 Å². The van der Waals surface area contributed by atoms with Gasteiger partial charge in [0.05, 0.1) is 17.2 Å². The third-order valence-corrected chi connectivity index (χ3v) is 1.57. The van der Waals surface area contributed by atoms with Gasteiger partial charge in [0.1, 0.15) is 6.33 Å². The highest BCUT2D eigenvalue weighted by atomic mass is 16.4. The van der Waals surface area contributed by atoms with Crippen LogP contribution >= 0.6 is 0 Å². The van der Waals surface area contributed by atoms with E-state index in [1.165, 1.54) is 18.7 Å². The molecule has 60 valence electrons. The van der Waals surface area contributed by atoms with E-state index in [0.717, 1.165) is 4.57 Å². The van der Waals surface area contributed by atoms with Crippen molar-refractivity contribution in [3.63, 3.8) is 0 Å². The molecule has 2 rings (SSSR count). The Kier molecular flexibility index (Phi) is 1.30. The van der Waals surface area contributed by atoms with Crippen molar-refractivity contribution in [3.05, 3.63) is 24.8 Å². The number of carbonyl (C=O) groups is 1. The second-order valence-electron chi connectivity index (χ2n) is 2.26. The molecule has 0 aliphatic rings. The first-order valence-electron chi connectivity index (χ1n) is 3.29. The van der Waals surface area contributed by atoms with Gasteiger partial charge < -0.3 is 5.11 Å². The van der Waals surface area contributed by atoms with E-state index in [4.69, 9.17) is 5.11 Å². The molecule has 0 saturated heterocycles. The fraction of sp³-hybridized carbons (Fsp3) is 0. The summed E-state index contributed by atoms with van der Waals surface area (Å²) in [5.41, 5.74) is 1.14. The Morgan fingerprint density at radius 3 is 3.17 bits per heavy atom. The van der Waals surface area contributed by atoms with Crippen molar-refractivity contribution in [2.45, 2.75) is 0 Å². The summed E-state index contributed by atoms with van der Waals surface area (Å²) in [7, 11) is 0. The van der Waals surface area contributed by atoms with E-state index >= 15 is 0 Å². The topological polar surface area (TPSA) is 68.0 Å². The van der Waals surface area contributed by atoms with Gasteiger partial charge in [0.15, 0.2) is 0 Å². The van der Waals surface area contributed by atoms with Crippen molar-refractivity contribution in [2.24, 2.45) is 0 Å². The maximum Gasteiger partial charge on any atom is 0.416 e. The minimum absolute atomic E-state index is 0.505. The number of hydrogen-bond acceptors (Lipinski definition) is 3. The molecule has 5 nitrogen and oxygen atoms in total. The second kappa shape index (κ2) is 2.30. The summed E-state index contributed by atoms with van der Waals surface area (Å²) in [6.45, 7) is 0. The van der Waals surface area contributed by atoms with Crippen LogP contribution < -0.4 is 0 Å². The molecule has 0 unspecified atom stereocenters. The smallest absolute Gasteiger partial charge is 0.416 e. The Labute approximate surface area is 67.3 Å². The summed E-state index contributed by atoms with van der Waals surface area (Å²) in [5.74, 6) is 0. The quantitative estimate of drug-likeness (QED) is 0.628. The van der Waals surface area contributed by atoms with Gasteiger partial charge in [-0.05, 0) is 6.07 Å². The largest absolute Gasteiger partial charge is 0.464 e. The third-order valence-electron chi connectivity index (χ3n) is 1.57. The third kappa shape index (κ3) is 0.833. The van der Waals surface area contributed by atoms with Crippen LogP contribution in [0.3, 0.4) is 0 Å². The molecule has 0 atom stereocenters. The van der Waals surface area contributed by atoms with E-state index in [9.17, 15) is 4.79 Å². The molecule has 0 radical (unpaired) electrons. The normalized spacial score (nSPS) is 10.3. The van der Waals surface area contributed by atoms with Gasteiger partial charge in [-0.1, -0.05) is 0 Å². The van der Waals surface area contributed by atoms with Gasteiger partial charge in [0.2, 0.25) is 0 Å². The van der Waals surface area contributed by atoms with E-state index in [-0.39, 0.29) is 0 Å². The van der Waals surface area contributed by atoms with Crippen LogP contribution in [-0.4, -0.2) is 25.7 Å². The fourth-order valence-electron chi connectivity index (χ4n) is 1.04. The van der Waals surface area contributed by atoms with Crippen LogP contribution in [0.5, 0.6) is 0 Å². The number of nitrogens with zero attached hydrogens (tertiary/aromatic N) is 3. The van der Waals surface area contributed by atoms with E-state index in [0.29, 0.717) is 11.0 Å². The summed E-state index contributed by atoms with van der Waals surface area (Å²) in [6, 6.07) is 1.63. The minimum Gasteiger partial charge on any atom is -0.464 e. The first-order valence-corrected chi connectivity index (χ1v) is 3.29. The zero-order valence-corrected chi connectivity index (χ0v) is 6.01. The molecular formula is C7H5N3O2. The summed E-state index contributed by atoms with van der Waals surface area (Å²) in [6.07, 6.45) is 3.27. The van der Waals surface area contributed by atoms with Crippen LogP contribution in [0.1, 0.15) is 0 Å². The molecule has 0 saturated carbocycles. The zero-order chi connectivity index (χ0) is 8.55. The summed E-state index contributed by atoms with van der Waals surface area (Å²) in [4.78, 5) is 18.2. The lowest BCUT2D eigenvalue weighted by atomic mass is 10.5. The van der Waals surface area contributed by atoms with Gasteiger partial charge in [0, 0.05) is 6.20 Å². The molecule has 0 aromatic carbocycles. The van der Waals surface area contributed by atoms with Gasteiger partial charge in [-0.2, -0.15) is 0 Å². The van der Waals surface area contributed by atoms with E-state index in [1.807, 2.05) is 0 Å². The molecule has 0 spiro atoms. The van der Waals surface area contributed by atoms with Crippen LogP contribution in [0.4, 0.5) is 4.79 Å². The van der Waals surface area contributed by atoms with Crippen LogP contribution in [0.2, 0.25) is 0 Å². The molecule has 0 aliphatic carbocycles. The van der Waals surface area contributed by atoms with Gasteiger partial charge >= 0.3 is 6.09 Å².